The zero-order valence-electron chi connectivity index (χ0n) is 16.7. The van der Waals surface area contributed by atoms with Crippen LogP contribution in [0, 0.1) is 0 Å². The van der Waals surface area contributed by atoms with Crippen LogP contribution in [0.4, 0.5) is 0 Å². The first-order chi connectivity index (χ1) is 14.1. The van der Waals surface area contributed by atoms with Crippen LogP contribution < -0.4 is 24.8 Å². The van der Waals surface area contributed by atoms with Crippen LogP contribution in [0.2, 0.25) is 0 Å². The van der Waals surface area contributed by atoms with Gasteiger partial charge in [-0.3, -0.25) is 9.59 Å². The number of benzene rings is 2. The van der Waals surface area contributed by atoms with Gasteiger partial charge in [-0.2, -0.15) is 0 Å². The second kappa shape index (κ2) is 9.82. The highest BCUT2D eigenvalue weighted by molar-refractivity contribution is 5.94. The second-order valence-electron chi connectivity index (χ2n) is 6.72. The quantitative estimate of drug-likeness (QED) is 0.632. The summed E-state index contributed by atoms with van der Waals surface area (Å²) in [5, 5.41) is 5.30. The molecule has 0 aromatic heterocycles. The van der Waals surface area contributed by atoms with Crippen molar-refractivity contribution in [1.82, 2.24) is 10.6 Å². The Labute approximate surface area is 170 Å². The number of nitrogens with one attached hydrogen (secondary N) is 2. The first kappa shape index (κ1) is 20.5. The van der Waals surface area contributed by atoms with E-state index in [-0.39, 0.29) is 18.4 Å². The molecule has 154 valence electrons. The highest BCUT2D eigenvalue weighted by Crippen LogP contribution is 2.28. The number of fused-ring (bicyclic) bond motifs is 1. The average Bonchev–Trinajstić information content (AvgIpc) is 3.22. The minimum absolute atomic E-state index is 0.127. The molecule has 7 nitrogen and oxygen atoms in total. The molecule has 0 bridgehead atoms. The molecule has 0 unspecified atom stereocenters. The topological polar surface area (TPSA) is 85.9 Å². The minimum atomic E-state index is -0.253. The second-order valence-corrected chi connectivity index (χ2v) is 6.72. The third-order valence-electron chi connectivity index (χ3n) is 4.79. The molecule has 0 saturated heterocycles. The maximum atomic E-state index is 12.4. The van der Waals surface area contributed by atoms with Crippen molar-refractivity contribution in [2.45, 2.75) is 19.3 Å². The summed E-state index contributed by atoms with van der Waals surface area (Å²) in [5.74, 6) is 1.12. The fourth-order valence-corrected chi connectivity index (χ4v) is 3.22. The zero-order valence-corrected chi connectivity index (χ0v) is 16.7. The van der Waals surface area contributed by atoms with E-state index < -0.39 is 0 Å². The molecule has 0 fully saturated rings. The third-order valence-corrected chi connectivity index (χ3v) is 4.79. The highest BCUT2D eigenvalue weighted by Gasteiger charge is 2.13. The standard InChI is InChI=1S/C22H26N2O5/c1-23-21(25)14-29-19-9-7-17(13-20(19)27-2)22(26)24-10-11-28-18-8-6-15-4-3-5-16(15)12-18/h6-9,12-13H,3-5,10-11,14H2,1-2H3,(H,23,25)(H,24,26). The number of carbonyl (C=O) groups is 2. The van der Waals surface area contributed by atoms with Crippen molar-refractivity contribution in [2.24, 2.45) is 0 Å². The van der Waals surface area contributed by atoms with E-state index in [1.807, 2.05) is 6.07 Å². The summed E-state index contributed by atoms with van der Waals surface area (Å²) in [6.07, 6.45) is 3.45. The Morgan fingerprint density at radius 1 is 1.00 bits per heavy atom. The molecule has 1 aliphatic rings. The van der Waals surface area contributed by atoms with Gasteiger partial charge in [-0.05, 0) is 60.7 Å². The predicted octanol–water partition coefficient (Wildman–Crippen LogP) is 2.12. The van der Waals surface area contributed by atoms with Crippen LogP contribution in [0.3, 0.4) is 0 Å². The van der Waals surface area contributed by atoms with Crippen molar-refractivity contribution < 1.29 is 23.8 Å². The highest BCUT2D eigenvalue weighted by atomic mass is 16.5. The number of aryl methyl sites for hydroxylation is 2. The molecule has 0 heterocycles. The first-order valence-electron chi connectivity index (χ1n) is 9.65. The molecule has 0 saturated carbocycles. The number of ether oxygens (including phenoxy) is 3. The summed E-state index contributed by atoms with van der Waals surface area (Å²) in [6.45, 7) is 0.639. The zero-order chi connectivity index (χ0) is 20.6. The van der Waals surface area contributed by atoms with Crippen LogP contribution in [0.25, 0.3) is 0 Å². The van der Waals surface area contributed by atoms with E-state index in [1.54, 1.807) is 18.2 Å². The largest absolute Gasteiger partial charge is 0.493 e. The molecular formula is C22H26N2O5. The van der Waals surface area contributed by atoms with E-state index in [4.69, 9.17) is 14.2 Å². The Morgan fingerprint density at radius 3 is 2.62 bits per heavy atom. The van der Waals surface area contributed by atoms with Crippen molar-refractivity contribution >= 4 is 11.8 Å². The van der Waals surface area contributed by atoms with E-state index in [0.717, 1.165) is 18.6 Å². The lowest BCUT2D eigenvalue weighted by molar-refractivity contribution is -0.122. The molecule has 2 aromatic carbocycles. The molecule has 0 atom stereocenters. The van der Waals surface area contributed by atoms with Crippen LogP contribution in [-0.2, 0) is 17.6 Å². The van der Waals surface area contributed by atoms with Crippen molar-refractivity contribution in [1.29, 1.82) is 0 Å². The first-order valence-corrected chi connectivity index (χ1v) is 9.65. The van der Waals surface area contributed by atoms with Crippen molar-refractivity contribution in [3.05, 3.63) is 53.1 Å². The van der Waals surface area contributed by atoms with E-state index in [2.05, 4.69) is 22.8 Å². The van der Waals surface area contributed by atoms with Crippen molar-refractivity contribution in [3.8, 4) is 17.2 Å². The lowest BCUT2D eigenvalue weighted by Gasteiger charge is -2.12. The maximum Gasteiger partial charge on any atom is 0.257 e. The van der Waals surface area contributed by atoms with E-state index in [0.29, 0.717) is 30.2 Å². The summed E-state index contributed by atoms with van der Waals surface area (Å²) in [5.41, 5.74) is 3.20. The Bertz CT molecular complexity index is 882. The van der Waals surface area contributed by atoms with Gasteiger partial charge < -0.3 is 24.8 Å². The van der Waals surface area contributed by atoms with Gasteiger partial charge in [0, 0.05) is 12.6 Å². The summed E-state index contributed by atoms with van der Waals surface area (Å²) in [4.78, 5) is 23.7. The Kier molecular flexibility index (Phi) is 6.94. The summed E-state index contributed by atoms with van der Waals surface area (Å²) < 4.78 is 16.4. The minimum Gasteiger partial charge on any atom is -0.493 e. The van der Waals surface area contributed by atoms with Gasteiger partial charge in [0.1, 0.15) is 12.4 Å². The van der Waals surface area contributed by atoms with Gasteiger partial charge in [-0.25, -0.2) is 0 Å². The van der Waals surface area contributed by atoms with Gasteiger partial charge in [0.2, 0.25) is 0 Å². The average molecular weight is 398 g/mol. The number of likely N-dealkylation sites (N-methyl/N-ethyl adjacent to an activating group) is 1. The fraction of sp³-hybridized carbons (Fsp3) is 0.364. The fourth-order valence-electron chi connectivity index (χ4n) is 3.22. The predicted molar refractivity (Wildman–Crippen MR) is 109 cm³/mol. The van der Waals surface area contributed by atoms with Gasteiger partial charge in [0.05, 0.1) is 13.7 Å². The van der Waals surface area contributed by atoms with Crippen LogP contribution in [0.1, 0.15) is 27.9 Å². The molecule has 1 aliphatic carbocycles. The van der Waals surface area contributed by atoms with Gasteiger partial charge in [-0.1, -0.05) is 6.07 Å². The third kappa shape index (κ3) is 5.40. The lowest BCUT2D eigenvalue weighted by atomic mass is 10.1. The molecule has 2 N–H and O–H groups in total. The lowest BCUT2D eigenvalue weighted by Crippen LogP contribution is -2.28. The van der Waals surface area contributed by atoms with E-state index in [9.17, 15) is 9.59 Å². The molecule has 2 aromatic rings. The Hall–Kier alpha value is -3.22. The molecule has 3 rings (SSSR count). The molecule has 0 radical (unpaired) electrons. The Morgan fingerprint density at radius 2 is 1.83 bits per heavy atom. The molecule has 0 aliphatic heterocycles. The number of hydrogen-bond acceptors (Lipinski definition) is 5. The normalized spacial score (nSPS) is 12.1. The molecule has 2 amide bonds. The van der Waals surface area contributed by atoms with Crippen LogP contribution in [-0.4, -0.2) is 45.7 Å². The van der Waals surface area contributed by atoms with Gasteiger partial charge in [0.25, 0.3) is 11.8 Å². The molecule has 7 heteroatoms. The Balaban J connectivity index is 1.49. The number of carbonyl (C=O) groups excluding carboxylic acids is 2. The van der Waals surface area contributed by atoms with Gasteiger partial charge in [-0.15, -0.1) is 0 Å². The summed E-state index contributed by atoms with van der Waals surface area (Å²) in [7, 11) is 3.01. The number of amides is 2. The number of rotatable bonds is 9. The number of methoxy groups -OCH3 is 1. The SMILES string of the molecule is CNC(=O)COc1ccc(C(=O)NCCOc2ccc3c(c2)CCC3)cc1OC. The summed E-state index contributed by atoms with van der Waals surface area (Å²) >= 11 is 0. The smallest absolute Gasteiger partial charge is 0.257 e. The molecular weight excluding hydrogens is 372 g/mol. The monoisotopic (exact) mass is 398 g/mol. The molecule has 0 spiro atoms. The van der Waals surface area contributed by atoms with E-state index >= 15 is 0 Å². The van der Waals surface area contributed by atoms with Crippen LogP contribution in [0.5, 0.6) is 17.2 Å². The number of hydrogen-bond donors (Lipinski definition) is 2. The molecule has 29 heavy (non-hydrogen) atoms. The van der Waals surface area contributed by atoms with Crippen LogP contribution >= 0.6 is 0 Å². The van der Waals surface area contributed by atoms with Crippen LogP contribution in [0.15, 0.2) is 36.4 Å². The summed E-state index contributed by atoms with van der Waals surface area (Å²) in [6, 6.07) is 11.0. The van der Waals surface area contributed by atoms with Gasteiger partial charge >= 0.3 is 0 Å². The maximum absolute atomic E-state index is 12.4. The van der Waals surface area contributed by atoms with Gasteiger partial charge in [0.15, 0.2) is 18.1 Å². The van der Waals surface area contributed by atoms with E-state index in [1.165, 1.54) is 31.7 Å². The van der Waals surface area contributed by atoms with Crippen molar-refractivity contribution in [3.63, 3.8) is 0 Å². The van der Waals surface area contributed by atoms with Crippen molar-refractivity contribution in [2.75, 3.05) is 33.9 Å².